The molecule has 0 saturated heterocycles. The monoisotopic (exact) mass is 590 g/mol. The molecule has 2 amide bonds. The number of amides is 2. The molecule has 4 aromatic carbocycles. The van der Waals surface area contributed by atoms with Crippen molar-refractivity contribution in [2.45, 2.75) is 25.6 Å². The Balaban J connectivity index is 1.38. The van der Waals surface area contributed by atoms with Gasteiger partial charge in [0.1, 0.15) is 5.58 Å². The molecule has 1 unspecified atom stereocenters. The number of aryl methyl sites for hydroxylation is 1. The second-order valence-corrected chi connectivity index (χ2v) is 11.4. The molecule has 3 aliphatic rings. The molecule has 8 rings (SSSR count). The number of carbonyl (C=O) groups is 2. The van der Waals surface area contributed by atoms with E-state index in [1.54, 1.807) is 35.2 Å². The first kappa shape index (κ1) is 25.6. The zero-order chi connectivity index (χ0) is 29.5. The lowest BCUT2D eigenvalue weighted by Crippen LogP contribution is -2.52. The molecule has 9 heteroatoms. The van der Waals surface area contributed by atoms with Gasteiger partial charge in [0, 0.05) is 17.1 Å². The summed E-state index contributed by atoms with van der Waals surface area (Å²) in [6.07, 6.45) is 0. The number of nitrogens with zero attached hydrogens (tertiary/aromatic N) is 2. The highest BCUT2D eigenvalue weighted by Gasteiger charge is 2.65. The SMILES string of the molecule is Cc1cccc(CN2C(=O)C3(c4ccccc42)c2c(oc4ccc(Cl)cc4c2=O)C(=O)N3Cc2ccc3c(c2)OCO3)c1. The number of carbonyl (C=O) groups excluding carboxylic acids is 2. The first-order valence-electron chi connectivity index (χ1n) is 13.8. The van der Waals surface area contributed by atoms with Gasteiger partial charge in [-0.15, -0.1) is 0 Å². The van der Waals surface area contributed by atoms with Crippen LogP contribution in [-0.2, 0) is 23.4 Å². The van der Waals surface area contributed by atoms with Crippen molar-refractivity contribution in [2.75, 3.05) is 11.7 Å². The predicted molar refractivity (Wildman–Crippen MR) is 160 cm³/mol. The van der Waals surface area contributed by atoms with E-state index < -0.39 is 22.8 Å². The van der Waals surface area contributed by atoms with E-state index in [0.717, 1.165) is 11.1 Å². The van der Waals surface area contributed by atoms with Gasteiger partial charge < -0.3 is 23.7 Å². The normalized spacial score (nSPS) is 18.2. The van der Waals surface area contributed by atoms with Crippen LogP contribution in [0.2, 0.25) is 5.02 Å². The summed E-state index contributed by atoms with van der Waals surface area (Å²) < 4.78 is 17.2. The Kier molecular flexibility index (Phi) is 5.49. The minimum Gasteiger partial charge on any atom is -0.454 e. The van der Waals surface area contributed by atoms with Gasteiger partial charge in [0.05, 0.1) is 23.2 Å². The lowest BCUT2D eigenvalue weighted by molar-refractivity contribution is -0.126. The van der Waals surface area contributed by atoms with E-state index >= 15 is 4.79 Å². The van der Waals surface area contributed by atoms with Crippen LogP contribution in [0.3, 0.4) is 0 Å². The summed E-state index contributed by atoms with van der Waals surface area (Å²) in [6.45, 7) is 2.36. The summed E-state index contributed by atoms with van der Waals surface area (Å²) in [7, 11) is 0. The maximum Gasteiger partial charge on any atom is 0.291 e. The van der Waals surface area contributed by atoms with Gasteiger partial charge in [-0.1, -0.05) is 65.7 Å². The van der Waals surface area contributed by atoms with Crippen LogP contribution >= 0.6 is 11.6 Å². The molecule has 1 atom stereocenters. The molecule has 0 N–H and O–H groups in total. The molecular weight excluding hydrogens is 568 g/mol. The molecule has 1 spiro atoms. The van der Waals surface area contributed by atoms with E-state index in [2.05, 4.69) is 0 Å². The number of benzene rings is 4. The maximum atomic E-state index is 15.0. The minimum absolute atomic E-state index is 0.00259. The van der Waals surface area contributed by atoms with Gasteiger partial charge in [-0.3, -0.25) is 14.4 Å². The fraction of sp³-hybridized carbons (Fsp3) is 0.147. The Morgan fingerprint density at radius 2 is 1.65 bits per heavy atom. The molecule has 8 nitrogen and oxygen atoms in total. The van der Waals surface area contributed by atoms with Crippen molar-refractivity contribution < 1.29 is 23.5 Å². The van der Waals surface area contributed by atoms with Gasteiger partial charge in [0.25, 0.3) is 11.8 Å². The lowest BCUT2D eigenvalue weighted by Gasteiger charge is -2.34. The van der Waals surface area contributed by atoms with Crippen molar-refractivity contribution in [3.05, 3.63) is 134 Å². The van der Waals surface area contributed by atoms with Crippen molar-refractivity contribution in [1.82, 2.24) is 4.90 Å². The summed E-state index contributed by atoms with van der Waals surface area (Å²) in [5, 5.41) is 0.542. The molecule has 0 bridgehead atoms. The highest BCUT2D eigenvalue weighted by atomic mass is 35.5. The summed E-state index contributed by atoms with van der Waals surface area (Å²) in [5.41, 5.74) is 1.82. The number of fused-ring (bicyclic) bond motifs is 6. The standard InChI is InChI=1S/C34H23ClN2O6/c1-19-5-4-6-20(13-19)16-36-25-8-3-2-7-24(25)34(33(36)40)29-30(38)23-15-22(35)10-12-26(23)43-31(29)32(39)37(34)17-21-9-11-27-28(14-21)42-18-41-27/h2-15H,16-18H2,1H3. The summed E-state index contributed by atoms with van der Waals surface area (Å²) in [4.78, 5) is 46.9. The summed E-state index contributed by atoms with van der Waals surface area (Å²) >= 11 is 6.28. The van der Waals surface area contributed by atoms with E-state index in [1.807, 2.05) is 55.5 Å². The van der Waals surface area contributed by atoms with E-state index in [4.69, 9.17) is 25.5 Å². The van der Waals surface area contributed by atoms with Crippen molar-refractivity contribution >= 4 is 40.1 Å². The average Bonchev–Trinajstić information content (AvgIpc) is 3.64. The van der Waals surface area contributed by atoms with Crippen LogP contribution in [0.15, 0.2) is 94.1 Å². The Morgan fingerprint density at radius 1 is 0.837 bits per heavy atom. The van der Waals surface area contributed by atoms with Crippen LogP contribution in [0.25, 0.3) is 11.0 Å². The number of halogens is 1. The highest BCUT2D eigenvalue weighted by molar-refractivity contribution is 6.31. The first-order valence-corrected chi connectivity index (χ1v) is 14.2. The topological polar surface area (TPSA) is 89.3 Å². The van der Waals surface area contributed by atoms with Crippen molar-refractivity contribution in [3.8, 4) is 11.5 Å². The average molecular weight is 591 g/mol. The van der Waals surface area contributed by atoms with Crippen molar-refractivity contribution in [2.24, 2.45) is 0 Å². The Bertz CT molecular complexity index is 2090. The quantitative estimate of drug-likeness (QED) is 0.258. The molecule has 0 radical (unpaired) electrons. The van der Waals surface area contributed by atoms with Crippen molar-refractivity contribution in [1.29, 1.82) is 0 Å². The third-order valence-corrected chi connectivity index (χ3v) is 8.63. The van der Waals surface area contributed by atoms with Crippen LogP contribution in [0.5, 0.6) is 11.5 Å². The first-order chi connectivity index (χ1) is 20.9. The fourth-order valence-electron chi connectivity index (χ4n) is 6.56. The number of hydrogen-bond acceptors (Lipinski definition) is 6. The minimum atomic E-state index is -1.76. The number of rotatable bonds is 4. The van der Waals surface area contributed by atoms with Crippen LogP contribution in [0.4, 0.5) is 5.69 Å². The van der Waals surface area contributed by atoms with Gasteiger partial charge in [-0.25, -0.2) is 0 Å². The van der Waals surface area contributed by atoms with Crippen LogP contribution in [0.1, 0.15) is 38.4 Å². The Morgan fingerprint density at radius 3 is 2.51 bits per heavy atom. The van der Waals surface area contributed by atoms with Crippen molar-refractivity contribution in [3.63, 3.8) is 0 Å². The zero-order valence-corrected chi connectivity index (χ0v) is 23.7. The number of hydrogen-bond donors (Lipinski definition) is 0. The molecule has 43 heavy (non-hydrogen) atoms. The van der Waals surface area contributed by atoms with Gasteiger partial charge in [-0.05, 0) is 54.4 Å². The summed E-state index contributed by atoms with van der Waals surface area (Å²) in [5.74, 6) is 0.0330. The van der Waals surface area contributed by atoms with Crippen LogP contribution in [0, 0.1) is 6.92 Å². The van der Waals surface area contributed by atoms with E-state index in [-0.39, 0.29) is 42.2 Å². The Labute approximate surface area is 250 Å². The molecule has 0 aliphatic carbocycles. The molecule has 5 aromatic rings. The third kappa shape index (κ3) is 3.59. The Hall–Kier alpha value is -5.08. The number of anilines is 1. The van der Waals surface area contributed by atoms with Gasteiger partial charge >= 0.3 is 0 Å². The molecular formula is C34H23ClN2O6. The molecule has 0 fully saturated rings. The van der Waals surface area contributed by atoms with Gasteiger partial charge in [-0.2, -0.15) is 0 Å². The molecule has 4 heterocycles. The van der Waals surface area contributed by atoms with Crippen LogP contribution in [-0.4, -0.2) is 23.5 Å². The summed E-state index contributed by atoms with van der Waals surface area (Å²) in [6, 6.07) is 25.3. The molecule has 3 aliphatic heterocycles. The third-order valence-electron chi connectivity index (χ3n) is 8.40. The lowest BCUT2D eigenvalue weighted by atomic mass is 9.83. The maximum absolute atomic E-state index is 15.0. The second kappa shape index (κ2) is 9.21. The van der Waals surface area contributed by atoms with E-state index in [9.17, 15) is 9.59 Å². The number of para-hydroxylation sites is 1. The van der Waals surface area contributed by atoms with Crippen LogP contribution < -0.4 is 19.8 Å². The second-order valence-electron chi connectivity index (χ2n) is 11.0. The molecule has 1 aromatic heterocycles. The highest BCUT2D eigenvalue weighted by Crippen LogP contribution is 2.53. The van der Waals surface area contributed by atoms with E-state index in [0.29, 0.717) is 33.3 Å². The van der Waals surface area contributed by atoms with Gasteiger partial charge in [0.15, 0.2) is 22.5 Å². The smallest absolute Gasteiger partial charge is 0.291 e. The zero-order valence-electron chi connectivity index (χ0n) is 22.9. The fourth-order valence-corrected chi connectivity index (χ4v) is 6.73. The largest absolute Gasteiger partial charge is 0.454 e. The predicted octanol–water partition coefficient (Wildman–Crippen LogP) is 5.93. The molecule has 0 saturated carbocycles. The van der Waals surface area contributed by atoms with E-state index in [1.165, 1.54) is 11.0 Å². The van der Waals surface area contributed by atoms with Gasteiger partial charge in [0.2, 0.25) is 12.6 Å². The molecule has 212 valence electrons. The number of ether oxygens (including phenoxy) is 2.